The summed E-state index contributed by atoms with van der Waals surface area (Å²) in [6, 6.07) is 13.6. The van der Waals surface area contributed by atoms with E-state index < -0.39 is 0 Å². The summed E-state index contributed by atoms with van der Waals surface area (Å²) in [7, 11) is 1.65. The Hall–Kier alpha value is -3.10. The molecule has 1 fully saturated rings. The van der Waals surface area contributed by atoms with Crippen LogP contribution in [0.1, 0.15) is 28.7 Å². The highest BCUT2D eigenvalue weighted by molar-refractivity contribution is 5.91. The molecule has 1 aliphatic rings. The number of carbonyl (C=O) groups excluding carboxylic acids is 1. The Morgan fingerprint density at radius 3 is 2.52 bits per heavy atom. The van der Waals surface area contributed by atoms with Crippen LogP contribution in [-0.2, 0) is 11.3 Å². The van der Waals surface area contributed by atoms with Crippen LogP contribution in [0.4, 0.5) is 5.82 Å². The first-order valence-corrected chi connectivity index (χ1v) is 11.5. The normalized spacial score (nSPS) is 14.6. The van der Waals surface area contributed by atoms with E-state index in [1.807, 2.05) is 29.8 Å². The molecular formula is C25H33N5O3. The van der Waals surface area contributed by atoms with Gasteiger partial charge in [0.05, 0.1) is 30.8 Å². The molecule has 1 aliphatic heterocycles. The number of ether oxygens (including phenoxy) is 1. The Kier molecular flexibility index (Phi) is 7.47. The van der Waals surface area contributed by atoms with Gasteiger partial charge >= 0.3 is 0 Å². The minimum absolute atomic E-state index is 0.148. The van der Waals surface area contributed by atoms with Crippen molar-refractivity contribution in [2.75, 3.05) is 57.9 Å². The average molecular weight is 452 g/mol. The van der Waals surface area contributed by atoms with E-state index in [1.165, 1.54) is 6.26 Å². The molecule has 33 heavy (non-hydrogen) atoms. The number of anilines is 1. The fourth-order valence-electron chi connectivity index (χ4n) is 4.28. The van der Waals surface area contributed by atoms with Gasteiger partial charge in [-0.25, -0.2) is 4.68 Å². The van der Waals surface area contributed by atoms with Crippen molar-refractivity contribution in [1.29, 1.82) is 0 Å². The van der Waals surface area contributed by atoms with Crippen LogP contribution in [0.5, 0.6) is 0 Å². The van der Waals surface area contributed by atoms with Crippen LogP contribution in [0.15, 0.2) is 53.1 Å². The zero-order valence-electron chi connectivity index (χ0n) is 19.7. The quantitative estimate of drug-likeness (QED) is 0.498. The second kappa shape index (κ2) is 10.7. The van der Waals surface area contributed by atoms with Gasteiger partial charge in [-0.15, -0.1) is 0 Å². The van der Waals surface area contributed by atoms with Crippen molar-refractivity contribution in [3.63, 3.8) is 0 Å². The maximum Gasteiger partial charge on any atom is 0.289 e. The third-order valence-electron chi connectivity index (χ3n) is 6.21. The molecule has 1 saturated heterocycles. The van der Waals surface area contributed by atoms with Crippen LogP contribution in [-0.4, -0.2) is 78.5 Å². The zero-order chi connectivity index (χ0) is 23.2. The number of rotatable bonds is 9. The van der Waals surface area contributed by atoms with E-state index in [0.717, 1.165) is 55.5 Å². The number of furan rings is 1. The summed E-state index contributed by atoms with van der Waals surface area (Å²) in [5.74, 6) is 1.24. The average Bonchev–Trinajstić information content (AvgIpc) is 3.50. The minimum atomic E-state index is -0.148. The van der Waals surface area contributed by atoms with Gasteiger partial charge in [0.2, 0.25) is 0 Å². The monoisotopic (exact) mass is 451 g/mol. The number of aryl methyl sites for hydroxylation is 1. The van der Waals surface area contributed by atoms with Crippen LogP contribution in [0.2, 0.25) is 0 Å². The lowest BCUT2D eigenvalue weighted by Gasteiger charge is -2.36. The summed E-state index contributed by atoms with van der Waals surface area (Å²) >= 11 is 0. The number of benzene rings is 1. The Balaban J connectivity index is 1.71. The van der Waals surface area contributed by atoms with E-state index in [0.29, 0.717) is 25.5 Å². The maximum atomic E-state index is 13.2. The minimum Gasteiger partial charge on any atom is -0.459 e. The van der Waals surface area contributed by atoms with Gasteiger partial charge in [0, 0.05) is 45.4 Å². The summed E-state index contributed by atoms with van der Waals surface area (Å²) in [5, 5.41) is 4.92. The largest absolute Gasteiger partial charge is 0.459 e. The van der Waals surface area contributed by atoms with Gasteiger partial charge in [-0.05, 0) is 37.7 Å². The molecule has 0 N–H and O–H groups in total. The lowest BCUT2D eigenvalue weighted by atomic mass is 10.1. The molecule has 3 aromatic rings. The molecule has 176 valence electrons. The van der Waals surface area contributed by atoms with Crippen LogP contribution >= 0.6 is 0 Å². The molecule has 0 aliphatic carbocycles. The molecule has 1 aromatic carbocycles. The van der Waals surface area contributed by atoms with Gasteiger partial charge < -0.3 is 23.9 Å². The van der Waals surface area contributed by atoms with Crippen LogP contribution < -0.4 is 4.90 Å². The van der Waals surface area contributed by atoms with Gasteiger partial charge in [0.1, 0.15) is 5.82 Å². The van der Waals surface area contributed by atoms with E-state index in [-0.39, 0.29) is 5.91 Å². The van der Waals surface area contributed by atoms with Crippen LogP contribution in [0.3, 0.4) is 0 Å². The van der Waals surface area contributed by atoms with Crippen molar-refractivity contribution in [3.05, 3.63) is 65.7 Å². The molecular weight excluding hydrogens is 418 g/mol. The summed E-state index contributed by atoms with van der Waals surface area (Å²) in [5.41, 5.74) is 2.99. The van der Waals surface area contributed by atoms with Crippen molar-refractivity contribution in [2.45, 2.75) is 20.4 Å². The van der Waals surface area contributed by atoms with Crippen molar-refractivity contribution >= 4 is 11.7 Å². The van der Waals surface area contributed by atoms with E-state index in [9.17, 15) is 4.79 Å². The molecule has 0 saturated carbocycles. The first kappa shape index (κ1) is 23.1. The molecule has 0 spiro atoms. The Labute approximate surface area is 195 Å². The predicted octanol–water partition coefficient (Wildman–Crippen LogP) is 3.20. The highest BCUT2D eigenvalue weighted by atomic mass is 16.5. The fraction of sp³-hybridized carbons (Fsp3) is 0.440. The fourth-order valence-corrected chi connectivity index (χ4v) is 4.28. The van der Waals surface area contributed by atoms with Crippen molar-refractivity contribution in [3.8, 4) is 5.69 Å². The van der Waals surface area contributed by atoms with Gasteiger partial charge in [-0.2, -0.15) is 5.10 Å². The Morgan fingerprint density at radius 1 is 1.12 bits per heavy atom. The summed E-state index contributed by atoms with van der Waals surface area (Å²) in [6.07, 6.45) is 1.53. The zero-order valence-corrected chi connectivity index (χ0v) is 19.7. The maximum absolute atomic E-state index is 13.2. The molecule has 8 nitrogen and oxygen atoms in total. The molecule has 1 amide bonds. The van der Waals surface area contributed by atoms with Crippen LogP contribution in [0.25, 0.3) is 5.69 Å². The van der Waals surface area contributed by atoms with Gasteiger partial charge in [-0.3, -0.25) is 4.79 Å². The molecule has 0 radical (unpaired) electrons. The number of nitrogens with zero attached hydrogens (tertiary/aromatic N) is 5. The van der Waals surface area contributed by atoms with Crippen molar-refractivity contribution in [1.82, 2.24) is 19.6 Å². The number of carbonyl (C=O) groups is 1. The molecule has 0 atom stereocenters. The van der Waals surface area contributed by atoms with Crippen molar-refractivity contribution in [2.24, 2.45) is 0 Å². The number of piperazine rings is 1. The number of hydrogen-bond acceptors (Lipinski definition) is 6. The molecule has 0 unspecified atom stereocenters. The molecule has 4 rings (SSSR count). The van der Waals surface area contributed by atoms with Crippen LogP contribution in [0, 0.1) is 6.92 Å². The van der Waals surface area contributed by atoms with Crippen molar-refractivity contribution < 1.29 is 13.9 Å². The SMILES string of the molecule is CCN1CCN(c2c(CN(CCOC)C(=O)c3ccco3)c(C)nn2-c2ccccc2)CC1. The number of methoxy groups -OCH3 is 1. The molecule has 0 bridgehead atoms. The summed E-state index contributed by atoms with van der Waals surface area (Å²) in [4.78, 5) is 19.8. The first-order valence-electron chi connectivity index (χ1n) is 11.5. The topological polar surface area (TPSA) is 67.0 Å². The number of likely N-dealkylation sites (N-methyl/N-ethyl adjacent to an activating group) is 1. The third kappa shape index (κ3) is 5.12. The van der Waals surface area contributed by atoms with Gasteiger partial charge in [0.15, 0.2) is 5.76 Å². The second-order valence-corrected chi connectivity index (χ2v) is 8.25. The van der Waals surface area contributed by atoms with E-state index in [4.69, 9.17) is 14.3 Å². The summed E-state index contributed by atoms with van der Waals surface area (Å²) in [6.45, 7) is 10.5. The Bertz CT molecular complexity index is 1020. The predicted molar refractivity (Wildman–Crippen MR) is 128 cm³/mol. The third-order valence-corrected chi connectivity index (χ3v) is 6.21. The number of hydrogen-bond donors (Lipinski definition) is 0. The standard InChI is InChI=1S/C25H33N5O3/c1-4-27-12-14-28(15-13-27)24-22(20(2)26-30(24)21-9-6-5-7-10-21)19-29(16-18-32-3)25(31)23-11-8-17-33-23/h5-11,17H,4,12-16,18-19H2,1-3H3. The van der Waals surface area contributed by atoms with E-state index in [2.05, 4.69) is 28.9 Å². The molecule has 8 heteroatoms. The lowest BCUT2D eigenvalue weighted by Crippen LogP contribution is -2.47. The lowest BCUT2D eigenvalue weighted by molar-refractivity contribution is 0.0649. The van der Waals surface area contributed by atoms with E-state index in [1.54, 1.807) is 24.1 Å². The highest BCUT2D eigenvalue weighted by Crippen LogP contribution is 2.30. The number of amides is 1. The molecule has 2 aromatic heterocycles. The van der Waals surface area contributed by atoms with Gasteiger partial charge in [-0.1, -0.05) is 25.1 Å². The molecule has 3 heterocycles. The Morgan fingerprint density at radius 2 is 1.88 bits per heavy atom. The van der Waals surface area contributed by atoms with Gasteiger partial charge in [0.25, 0.3) is 5.91 Å². The summed E-state index contributed by atoms with van der Waals surface area (Å²) < 4.78 is 12.7. The smallest absolute Gasteiger partial charge is 0.289 e. The number of aromatic nitrogens is 2. The first-order chi connectivity index (χ1) is 16.1. The number of para-hydroxylation sites is 1. The highest BCUT2D eigenvalue weighted by Gasteiger charge is 2.28. The van der Waals surface area contributed by atoms with E-state index >= 15 is 0 Å². The second-order valence-electron chi connectivity index (χ2n) is 8.25.